The van der Waals surface area contributed by atoms with Crippen molar-refractivity contribution in [1.29, 1.82) is 0 Å². The maximum Gasteiger partial charge on any atom is 0.482 e. The van der Waals surface area contributed by atoms with Crippen molar-refractivity contribution < 1.29 is 22.3 Å². The molecular weight excluding hydrogens is 420 g/mol. The smallest absolute Gasteiger partial charge is 0.482 e. The molecule has 1 aliphatic carbocycles. The van der Waals surface area contributed by atoms with Crippen molar-refractivity contribution in [2.75, 3.05) is 11.9 Å². The molecule has 0 aromatic heterocycles. The van der Waals surface area contributed by atoms with Crippen molar-refractivity contribution in [1.82, 2.24) is 5.32 Å². The van der Waals surface area contributed by atoms with Crippen molar-refractivity contribution in [3.05, 3.63) is 95.3 Å². The predicted molar refractivity (Wildman–Crippen MR) is 116 cm³/mol. The van der Waals surface area contributed by atoms with Crippen LogP contribution in [-0.2, 0) is 6.61 Å². The van der Waals surface area contributed by atoms with Gasteiger partial charge in [0, 0.05) is 5.56 Å². The van der Waals surface area contributed by atoms with E-state index in [1.54, 1.807) is 0 Å². The summed E-state index contributed by atoms with van der Waals surface area (Å²) >= 11 is 0. The number of halogens is 4. The SMILES string of the molecule is Fc1ccc(C(NCC2CC2)c2ccccc2OCc2ccccc2)cc1NC(F)(F)F. The normalized spacial score (nSPS) is 14.8. The van der Waals surface area contributed by atoms with Crippen LogP contribution in [0.3, 0.4) is 0 Å². The van der Waals surface area contributed by atoms with Crippen molar-refractivity contribution in [2.24, 2.45) is 5.92 Å². The molecule has 3 aromatic rings. The Morgan fingerprint density at radius 3 is 2.38 bits per heavy atom. The fraction of sp³-hybridized carbons (Fsp3) is 0.280. The first kappa shape index (κ1) is 22.1. The Balaban J connectivity index is 1.64. The second kappa shape index (κ2) is 9.61. The number of ether oxygens (including phenoxy) is 1. The largest absolute Gasteiger partial charge is 0.489 e. The van der Waals surface area contributed by atoms with Crippen molar-refractivity contribution in [2.45, 2.75) is 31.8 Å². The molecular formula is C25H24F4N2O. The van der Waals surface area contributed by atoms with Gasteiger partial charge < -0.3 is 10.1 Å². The monoisotopic (exact) mass is 444 g/mol. The molecule has 3 aromatic carbocycles. The van der Waals surface area contributed by atoms with E-state index in [1.807, 2.05) is 54.6 Å². The van der Waals surface area contributed by atoms with E-state index in [2.05, 4.69) is 5.32 Å². The summed E-state index contributed by atoms with van der Waals surface area (Å²) in [5.74, 6) is 0.211. The number of benzene rings is 3. The predicted octanol–water partition coefficient (Wildman–Crippen LogP) is 6.43. The van der Waals surface area contributed by atoms with E-state index >= 15 is 0 Å². The average molecular weight is 444 g/mol. The molecule has 7 heteroatoms. The van der Waals surface area contributed by atoms with Gasteiger partial charge in [-0.05, 0) is 54.6 Å². The third kappa shape index (κ3) is 6.01. The van der Waals surface area contributed by atoms with E-state index < -0.39 is 23.8 Å². The Morgan fingerprint density at radius 2 is 1.66 bits per heavy atom. The van der Waals surface area contributed by atoms with Gasteiger partial charge in [0.25, 0.3) is 0 Å². The number of hydrogen-bond acceptors (Lipinski definition) is 3. The molecule has 1 aliphatic rings. The zero-order valence-corrected chi connectivity index (χ0v) is 17.3. The van der Waals surface area contributed by atoms with Gasteiger partial charge in [0.1, 0.15) is 18.2 Å². The third-order valence-electron chi connectivity index (χ3n) is 5.37. The van der Waals surface area contributed by atoms with Gasteiger partial charge in [-0.1, -0.05) is 54.6 Å². The van der Waals surface area contributed by atoms with Crippen LogP contribution in [0.15, 0.2) is 72.8 Å². The van der Waals surface area contributed by atoms with Crippen LogP contribution in [0, 0.1) is 11.7 Å². The lowest BCUT2D eigenvalue weighted by Gasteiger charge is -2.24. The minimum atomic E-state index is -4.73. The Bertz CT molecular complexity index is 1040. The van der Waals surface area contributed by atoms with Gasteiger partial charge in [-0.25, -0.2) is 4.39 Å². The maximum absolute atomic E-state index is 14.1. The van der Waals surface area contributed by atoms with Crippen molar-refractivity contribution in [3.8, 4) is 5.75 Å². The van der Waals surface area contributed by atoms with Crippen molar-refractivity contribution >= 4 is 5.69 Å². The lowest BCUT2D eigenvalue weighted by molar-refractivity contribution is -0.100. The Morgan fingerprint density at radius 1 is 0.938 bits per heavy atom. The highest BCUT2D eigenvalue weighted by molar-refractivity contribution is 5.51. The van der Waals surface area contributed by atoms with Crippen LogP contribution in [0.2, 0.25) is 0 Å². The minimum absolute atomic E-state index is 0.359. The fourth-order valence-corrected chi connectivity index (χ4v) is 3.57. The van der Waals surface area contributed by atoms with E-state index in [-0.39, 0.29) is 0 Å². The highest BCUT2D eigenvalue weighted by atomic mass is 19.4. The lowest BCUT2D eigenvalue weighted by Crippen LogP contribution is -2.26. The van der Waals surface area contributed by atoms with Crippen LogP contribution >= 0.6 is 0 Å². The quantitative estimate of drug-likeness (QED) is 0.295. The molecule has 1 fully saturated rings. The zero-order chi connectivity index (χ0) is 22.6. The van der Waals surface area contributed by atoms with E-state index in [0.717, 1.165) is 36.6 Å². The van der Waals surface area contributed by atoms with Gasteiger partial charge in [0.05, 0.1) is 11.7 Å². The van der Waals surface area contributed by atoms with E-state index in [0.29, 0.717) is 23.8 Å². The van der Waals surface area contributed by atoms with E-state index in [1.165, 1.54) is 17.4 Å². The Hall–Kier alpha value is -3.06. The molecule has 1 saturated carbocycles. The van der Waals surface area contributed by atoms with E-state index in [9.17, 15) is 17.6 Å². The van der Waals surface area contributed by atoms with Crippen LogP contribution in [0.25, 0.3) is 0 Å². The van der Waals surface area contributed by atoms with Crippen LogP contribution in [0.1, 0.15) is 35.6 Å². The number of hydrogen-bond donors (Lipinski definition) is 2. The van der Waals surface area contributed by atoms with E-state index in [4.69, 9.17) is 4.74 Å². The second-order valence-corrected chi connectivity index (χ2v) is 7.96. The van der Waals surface area contributed by atoms with Gasteiger partial charge >= 0.3 is 6.30 Å². The summed E-state index contributed by atoms with van der Waals surface area (Å²) in [4.78, 5) is 0. The highest BCUT2D eigenvalue weighted by Gasteiger charge is 2.30. The number of rotatable bonds is 9. The van der Waals surface area contributed by atoms with Crippen LogP contribution in [-0.4, -0.2) is 12.8 Å². The molecule has 3 nitrogen and oxygen atoms in total. The first-order chi connectivity index (χ1) is 15.4. The molecule has 32 heavy (non-hydrogen) atoms. The molecule has 0 aliphatic heterocycles. The van der Waals surface area contributed by atoms with Gasteiger partial charge in [0.15, 0.2) is 0 Å². The summed E-state index contributed by atoms with van der Waals surface area (Å²) < 4.78 is 58.7. The highest BCUT2D eigenvalue weighted by Crippen LogP contribution is 2.35. The van der Waals surface area contributed by atoms with Gasteiger partial charge in [-0.15, -0.1) is 0 Å². The van der Waals surface area contributed by atoms with Crippen LogP contribution in [0.5, 0.6) is 5.75 Å². The molecule has 0 spiro atoms. The van der Waals surface area contributed by atoms with Crippen LogP contribution < -0.4 is 15.4 Å². The summed E-state index contributed by atoms with van der Waals surface area (Å²) in [5, 5.41) is 4.75. The molecule has 0 amide bonds. The summed E-state index contributed by atoms with van der Waals surface area (Å²) in [6.45, 7) is 1.08. The van der Waals surface area contributed by atoms with Gasteiger partial charge in [0.2, 0.25) is 0 Å². The Kier molecular flexibility index (Phi) is 6.65. The minimum Gasteiger partial charge on any atom is -0.489 e. The zero-order valence-electron chi connectivity index (χ0n) is 17.3. The molecule has 0 saturated heterocycles. The summed E-state index contributed by atoms with van der Waals surface area (Å²) in [6.07, 6.45) is -2.49. The first-order valence-corrected chi connectivity index (χ1v) is 10.5. The standard InChI is InChI=1S/C25H24F4N2O/c26-21-13-12-19(14-22(21)31-25(27,28)29)24(30-15-17-10-11-17)20-8-4-5-9-23(20)32-16-18-6-2-1-3-7-18/h1-9,12-14,17,24,30-31H,10-11,15-16H2. The van der Waals surface area contributed by atoms with Crippen LogP contribution in [0.4, 0.5) is 23.2 Å². The number of alkyl halides is 3. The average Bonchev–Trinajstić information content (AvgIpc) is 3.59. The summed E-state index contributed by atoms with van der Waals surface area (Å²) in [5.41, 5.74) is 1.71. The lowest BCUT2D eigenvalue weighted by atomic mass is 9.96. The molecule has 1 atom stereocenters. The van der Waals surface area contributed by atoms with Crippen molar-refractivity contribution in [3.63, 3.8) is 0 Å². The molecule has 0 radical (unpaired) electrons. The number of para-hydroxylation sites is 1. The maximum atomic E-state index is 14.1. The summed E-state index contributed by atoms with van der Waals surface area (Å²) in [7, 11) is 0. The fourth-order valence-electron chi connectivity index (χ4n) is 3.57. The summed E-state index contributed by atoms with van der Waals surface area (Å²) in [6, 6.07) is 20.5. The van der Waals surface area contributed by atoms with Gasteiger partial charge in [-0.2, -0.15) is 13.2 Å². The third-order valence-corrected chi connectivity index (χ3v) is 5.37. The molecule has 168 valence electrons. The topological polar surface area (TPSA) is 33.3 Å². The molecule has 0 heterocycles. The molecule has 4 rings (SSSR count). The number of nitrogens with one attached hydrogen (secondary N) is 2. The Labute approximate surface area is 184 Å². The molecule has 1 unspecified atom stereocenters. The second-order valence-electron chi connectivity index (χ2n) is 7.96. The number of anilines is 1. The van der Waals surface area contributed by atoms with Gasteiger partial charge in [-0.3, -0.25) is 5.32 Å². The molecule has 0 bridgehead atoms. The molecule has 2 N–H and O–H groups in total. The first-order valence-electron chi connectivity index (χ1n) is 10.5.